The van der Waals surface area contributed by atoms with Gasteiger partial charge in [-0.3, -0.25) is 4.98 Å². The van der Waals surface area contributed by atoms with E-state index in [9.17, 15) is 0 Å². The summed E-state index contributed by atoms with van der Waals surface area (Å²) in [4.78, 5) is 16.2. The fourth-order valence-corrected chi connectivity index (χ4v) is 2.20. The zero-order valence-electron chi connectivity index (χ0n) is 9.56. The first-order chi connectivity index (χ1) is 8.43. The number of piperidine rings is 1. The summed E-state index contributed by atoms with van der Waals surface area (Å²) in [5.74, 6) is 1.26. The fraction of sp³-hybridized carbons (Fsp3) is 0.417. The van der Waals surface area contributed by atoms with Gasteiger partial charge < -0.3 is 10.3 Å². The number of hydrogen-bond donors (Lipinski definition) is 2. The van der Waals surface area contributed by atoms with Gasteiger partial charge in [0.05, 0.1) is 11.9 Å². The van der Waals surface area contributed by atoms with Crippen molar-refractivity contribution in [2.75, 3.05) is 13.1 Å². The molecule has 0 radical (unpaired) electrons. The van der Waals surface area contributed by atoms with Crippen molar-refractivity contribution in [3.8, 4) is 11.5 Å². The van der Waals surface area contributed by atoms with Crippen molar-refractivity contribution in [2.45, 2.75) is 18.8 Å². The van der Waals surface area contributed by atoms with Crippen LogP contribution in [0.4, 0.5) is 0 Å². The lowest BCUT2D eigenvalue weighted by Gasteiger charge is -2.22. The van der Waals surface area contributed by atoms with Gasteiger partial charge in [0.15, 0.2) is 5.82 Å². The zero-order valence-corrected chi connectivity index (χ0v) is 9.56. The predicted octanol–water partition coefficient (Wildman–Crippen LogP) is 1.33. The average Bonchev–Trinajstić information content (AvgIpc) is 2.94. The van der Waals surface area contributed by atoms with Crippen molar-refractivity contribution in [1.82, 2.24) is 25.3 Å². The Hall–Kier alpha value is -1.75. The summed E-state index contributed by atoms with van der Waals surface area (Å²) in [6.45, 7) is 2.11. The third-order valence-corrected chi connectivity index (χ3v) is 3.11. The summed E-state index contributed by atoms with van der Waals surface area (Å²) in [6.07, 6.45) is 9.53. The third kappa shape index (κ3) is 2.19. The van der Waals surface area contributed by atoms with Crippen LogP contribution in [0.1, 0.15) is 24.5 Å². The highest BCUT2D eigenvalue weighted by Crippen LogP contribution is 2.22. The van der Waals surface area contributed by atoms with Crippen LogP contribution < -0.4 is 5.32 Å². The lowest BCUT2D eigenvalue weighted by molar-refractivity contribution is 0.454. The number of rotatable bonds is 2. The van der Waals surface area contributed by atoms with Gasteiger partial charge in [0, 0.05) is 31.1 Å². The number of hydrogen-bond acceptors (Lipinski definition) is 4. The van der Waals surface area contributed by atoms with E-state index in [1.54, 1.807) is 18.6 Å². The first-order valence-electron chi connectivity index (χ1n) is 5.96. The normalized spacial score (nSPS) is 20.4. The third-order valence-electron chi connectivity index (χ3n) is 3.11. The summed E-state index contributed by atoms with van der Waals surface area (Å²) >= 11 is 0. The molecule has 0 bridgehead atoms. The van der Waals surface area contributed by atoms with Crippen molar-refractivity contribution in [1.29, 1.82) is 0 Å². The van der Waals surface area contributed by atoms with Crippen LogP contribution in [-0.2, 0) is 0 Å². The van der Waals surface area contributed by atoms with Crippen LogP contribution in [0.15, 0.2) is 24.8 Å². The highest BCUT2D eigenvalue weighted by Gasteiger charge is 2.17. The second-order valence-corrected chi connectivity index (χ2v) is 4.31. The first-order valence-corrected chi connectivity index (χ1v) is 5.96. The van der Waals surface area contributed by atoms with Gasteiger partial charge in [0.2, 0.25) is 0 Å². The van der Waals surface area contributed by atoms with Gasteiger partial charge in [-0.05, 0) is 19.4 Å². The van der Waals surface area contributed by atoms with Crippen molar-refractivity contribution in [2.24, 2.45) is 0 Å². The number of nitrogens with zero attached hydrogens (tertiary/aromatic N) is 3. The molecule has 1 saturated heterocycles. The molecule has 2 aromatic heterocycles. The standard InChI is InChI=1S/C12H15N5/c1-2-9(6-13-3-1)10-7-14-8-11(17-10)12-15-4-5-16-12/h4-5,7-9,13H,1-3,6H2,(H,15,16). The van der Waals surface area contributed by atoms with E-state index in [-0.39, 0.29) is 0 Å². The van der Waals surface area contributed by atoms with Gasteiger partial charge in [0.1, 0.15) is 5.69 Å². The van der Waals surface area contributed by atoms with E-state index >= 15 is 0 Å². The minimum absolute atomic E-state index is 0.478. The van der Waals surface area contributed by atoms with E-state index in [0.29, 0.717) is 5.92 Å². The maximum absolute atomic E-state index is 4.64. The monoisotopic (exact) mass is 229 g/mol. The Morgan fingerprint density at radius 2 is 2.29 bits per heavy atom. The fourth-order valence-electron chi connectivity index (χ4n) is 2.20. The number of imidazole rings is 1. The van der Waals surface area contributed by atoms with Gasteiger partial charge in [-0.15, -0.1) is 0 Å². The van der Waals surface area contributed by atoms with E-state index in [4.69, 9.17) is 0 Å². The highest BCUT2D eigenvalue weighted by molar-refractivity contribution is 5.47. The molecule has 88 valence electrons. The van der Waals surface area contributed by atoms with Crippen LogP contribution in [-0.4, -0.2) is 33.0 Å². The molecule has 0 saturated carbocycles. The number of aromatic amines is 1. The second kappa shape index (κ2) is 4.63. The zero-order chi connectivity index (χ0) is 11.5. The Morgan fingerprint density at radius 1 is 1.29 bits per heavy atom. The molecule has 1 fully saturated rings. The van der Waals surface area contributed by atoms with Crippen LogP contribution in [0.2, 0.25) is 0 Å². The van der Waals surface area contributed by atoms with Crippen molar-refractivity contribution < 1.29 is 0 Å². The molecule has 17 heavy (non-hydrogen) atoms. The molecule has 0 aliphatic carbocycles. The number of H-pyrrole nitrogens is 1. The van der Waals surface area contributed by atoms with Crippen LogP contribution in [0, 0.1) is 0 Å². The van der Waals surface area contributed by atoms with Crippen molar-refractivity contribution in [3.63, 3.8) is 0 Å². The highest BCUT2D eigenvalue weighted by atomic mass is 15.0. The minimum atomic E-state index is 0.478. The van der Waals surface area contributed by atoms with Crippen molar-refractivity contribution in [3.05, 3.63) is 30.5 Å². The Morgan fingerprint density at radius 3 is 3.06 bits per heavy atom. The molecule has 5 heteroatoms. The molecule has 5 nitrogen and oxygen atoms in total. The molecular weight excluding hydrogens is 214 g/mol. The molecule has 3 heterocycles. The van der Waals surface area contributed by atoms with Gasteiger partial charge in [-0.2, -0.15) is 0 Å². The molecule has 2 N–H and O–H groups in total. The summed E-state index contributed by atoms with van der Waals surface area (Å²) < 4.78 is 0. The minimum Gasteiger partial charge on any atom is -0.343 e. The van der Waals surface area contributed by atoms with E-state index < -0.39 is 0 Å². The average molecular weight is 229 g/mol. The van der Waals surface area contributed by atoms with E-state index in [0.717, 1.165) is 30.3 Å². The van der Waals surface area contributed by atoms with Crippen LogP contribution in [0.3, 0.4) is 0 Å². The Balaban J connectivity index is 1.88. The van der Waals surface area contributed by atoms with Crippen molar-refractivity contribution >= 4 is 0 Å². The molecule has 3 rings (SSSR count). The molecule has 1 aliphatic heterocycles. The number of aromatic nitrogens is 4. The summed E-state index contributed by atoms with van der Waals surface area (Å²) in [7, 11) is 0. The summed E-state index contributed by atoms with van der Waals surface area (Å²) in [6, 6.07) is 0. The SMILES string of the molecule is c1c[nH]c(-c2cncc(C3CCCNC3)n2)n1. The molecule has 2 aromatic rings. The molecular formula is C12H15N5. The molecule has 0 spiro atoms. The van der Waals surface area contributed by atoms with E-state index in [1.807, 2.05) is 6.20 Å². The van der Waals surface area contributed by atoms with Gasteiger partial charge in [-0.25, -0.2) is 9.97 Å². The quantitative estimate of drug-likeness (QED) is 0.815. The Labute approximate surface area is 99.7 Å². The predicted molar refractivity (Wildman–Crippen MR) is 64.5 cm³/mol. The first kappa shape index (κ1) is 10.4. The number of nitrogens with one attached hydrogen (secondary N) is 2. The smallest absolute Gasteiger partial charge is 0.157 e. The second-order valence-electron chi connectivity index (χ2n) is 4.31. The summed E-state index contributed by atoms with van der Waals surface area (Å²) in [5, 5.41) is 3.40. The van der Waals surface area contributed by atoms with Gasteiger partial charge in [-0.1, -0.05) is 0 Å². The molecule has 1 aliphatic rings. The Kier molecular flexibility index (Phi) is 2.83. The molecule has 1 unspecified atom stereocenters. The maximum Gasteiger partial charge on any atom is 0.157 e. The maximum atomic E-state index is 4.64. The molecule has 0 amide bonds. The van der Waals surface area contributed by atoms with E-state index in [1.165, 1.54) is 12.8 Å². The van der Waals surface area contributed by atoms with E-state index in [2.05, 4.69) is 25.3 Å². The van der Waals surface area contributed by atoms with Crippen LogP contribution >= 0.6 is 0 Å². The molecule has 0 aromatic carbocycles. The van der Waals surface area contributed by atoms with Crippen LogP contribution in [0.25, 0.3) is 11.5 Å². The van der Waals surface area contributed by atoms with Gasteiger partial charge in [0.25, 0.3) is 0 Å². The Bertz CT molecular complexity index is 473. The van der Waals surface area contributed by atoms with Crippen LogP contribution in [0.5, 0.6) is 0 Å². The van der Waals surface area contributed by atoms with Gasteiger partial charge >= 0.3 is 0 Å². The lowest BCUT2D eigenvalue weighted by Crippen LogP contribution is -2.28. The molecule has 1 atom stereocenters. The lowest BCUT2D eigenvalue weighted by atomic mass is 9.96. The summed E-state index contributed by atoms with van der Waals surface area (Å²) in [5.41, 5.74) is 1.88. The largest absolute Gasteiger partial charge is 0.343 e. The topological polar surface area (TPSA) is 66.5 Å².